The minimum Gasteiger partial charge on any atom is -0.450 e. The van der Waals surface area contributed by atoms with Crippen molar-refractivity contribution in [3.63, 3.8) is 0 Å². The van der Waals surface area contributed by atoms with Gasteiger partial charge in [0, 0.05) is 32.7 Å². The van der Waals surface area contributed by atoms with Crippen molar-refractivity contribution in [1.82, 2.24) is 14.7 Å². The van der Waals surface area contributed by atoms with Crippen molar-refractivity contribution < 1.29 is 23.9 Å². The van der Waals surface area contributed by atoms with Gasteiger partial charge in [-0.2, -0.15) is 0 Å². The van der Waals surface area contributed by atoms with Crippen molar-refractivity contribution in [2.45, 2.75) is 52.2 Å². The van der Waals surface area contributed by atoms with Gasteiger partial charge in [0.1, 0.15) is 11.6 Å². The summed E-state index contributed by atoms with van der Waals surface area (Å²) in [7, 11) is 0. The molecule has 0 aromatic carbocycles. The minimum absolute atomic E-state index is 0.0631. The topological polar surface area (TPSA) is 79.4 Å². The first-order valence-corrected chi connectivity index (χ1v) is 8.93. The maximum atomic E-state index is 12.8. The monoisotopic (exact) mass is 355 g/mol. The molecule has 0 aromatic rings. The van der Waals surface area contributed by atoms with Gasteiger partial charge < -0.3 is 19.3 Å². The lowest BCUT2D eigenvalue weighted by Crippen LogP contribution is -2.55. The largest absolute Gasteiger partial charge is 0.450 e. The third kappa shape index (κ3) is 4.99. The molecule has 0 bridgehead atoms. The van der Waals surface area contributed by atoms with Crippen LogP contribution in [0, 0.1) is 0 Å². The normalized spacial score (nSPS) is 21.3. The summed E-state index contributed by atoms with van der Waals surface area (Å²) in [4.78, 5) is 41.8. The Morgan fingerprint density at radius 1 is 0.960 bits per heavy atom. The van der Waals surface area contributed by atoms with Gasteiger partial charge in [-0.15, -0.1) is 0 Å². The molecule has 2 rings (SSSR count). The van der Waals surface area contributed by atoms with Crippen LogP contribution >= 0.6 is 0 Å². The average molecular weight is 355 g/mol. The molecule has 25 heavy (non-hydrogen) atoms. The molecule has 1 atom stereocenters. The fourth-order valence-corrected chi connectivity index (χ4v) is 3.10. The van der Waals surface area contributed by atoms with E-state index in [-0.39, 0.29) is 12.0 Å². The summed E-state index contributed by atoms with van der Waals surface area (Å²) >= 11 is 0. The van der Waals surface area contributed by atoms with Crippen molar-refractivity contribution in [1.29, 1.82) is 0 Å². The van der Waals surface area contributed by atoms with Crippen LogP contribution in [0.3, 0.4) is 0 Å². The number of likely N-dealkylation sites (tertiary alicyclic amines) is 1. The molecule has 3 amide bonds. The molecule has 8 nitrogen and oxygen atoms in total. The van der Waals surface area contributed by atoms with Crippen molar-refractivity contribution in [3.05, 3.63) is 0 Å². The summed E-state index contributed by atoms with van der Waals surface area (Å²) in [6, 6.07) is -0.469. The van der Waals surface area contributed by atoms with E-state index in [2.05, 4.69) is 0 Å². The highest BCUT2D eigenvalue weighted by atomic mass is 16.6. The number of piperazine rings is 1. The SMILES string of the molecule is CCOC(=O)N1CCN(C(=O)C2CCCN2C(=O)OC(C)(C)C)CC1. The summed E-state index contributed by atoms with van der Waals surface area (Å²) < 4.78 is 10.4. The van der Waals surface area contributed by atoms with Crippen LogP contribution < -0.4 is 0 Å². The van der Waals surface area contributed by atoms with Gasteiger partial charge in [0.15, 0.2) is 0 Å². The van der Waals surface area contributed by atoms with Gasteiger partial charge in [-0.25, -0.2) is 9.59 Å². The van der Waals surface area contributed by atoms with E-state index in [1.165, 1.54) is 4.90 Å². The Morgan fingerprint density at radius 3 is 2.12 bits per heavy atom. The van der Waals surface area contributed by atoms with Crippen LogP contribution in [0.1, 0.15) is 40.5 Å². The highest BCUT2D eigenvalue weighted by molar-refractivity contribution is 5.86. The highest BCUT2D eigenvalue weighted by Gasteiger charge is 2.39. The first kappa shape index (κ1) is 19.3. The maximum absolute atomic E-state index is 12.8. The number of ether oxygens (including phenoxy) is 2. The third-order valence-electron chi connectivity index (χ3n) is 4.28. The molecule has 0 saturated carbocycles. The maximum Gasteiger partial charge on any atom is 0.410 e. The molecule has 1 unspecified atom stereocenters. The fourth-order valence-electron chi connectivity index (χ4n) is 3.10. The minimum atomic E-state index is -0.585. The molecule has 2 aliphatic heterocycles. The highest BCUT2D eigenvalue weighted by Crippen LogP contribution is 2.23. The number of hydrogen-bond donors (Lipinski definition) is 0. The second-order valence-electron chi connectivity index (χ2n) is 7.34. The van der Waals surface area contributed by atoms with Gasteiger partial charge in [0.25, 0.3) is 0 Å². The molecular weight excluding hydrogens is 326 g/mol. The lowest BCUT2D eigenvalue weighted by molar-refractivity contribution is -0.137. The first-order chi connectivity index (χ1) is 11.7. The van der Waals surface area contributed by atoms with Crippen molar-refractivity contribution in [3.8, 4) is 0 Å². The molecule has 0 aromatic heterocycles. The van der Waals surface area contributed by atoms with E-state index in [9.17, 15) is 14.4 Å². The fraction of sp³-hybridized carbons (Fsp3) is 0.824. The number of carbonyl (C=O) groups excluding carboxylic acids is 3. The summed E-state index contributed by atoms with van der Waals surface area (Å²) in [6.07, 6.45) is 0.661. The van der Waals surface area contributed by atoms with Gasteiger partial charge in [0.2, 0.25) is 5.91 Å². The van der Waals surface area contributed by atoms with Crippen LogP contribution in [-0.2, 0) is 14.3 Å². The lowest BCUT2D eigenvalue weighted by Gasteiger charge is -2.37. The molecular formula is C17H29N3O5. The first-order valence-electron chi connectivity index (χ1n) is 8.93. The molecule has 0 aliphatic carbocycles. The Kier molecular flexibility index (Phi) is 6.13. The molecule has 2 fully saturated rings. The van der Waals surface area contributed by atoms with E-state index in [0.717, 1.165) is 6.42 Å². The Bertz CT molecular complexity index is 509. The average Bonchev–Trinajstić information content (AvgIpc) is 3.02. The summed E-state index contributed by atoms with van der Waals surface area (Å²) in [6.45, 7) is 9.88. The molecule has 2 saturated heterocycles. The number of carbonyl (C=O) groups is 3. The summed E-state index contributed by atoms with van der Waals surface area (Å²) in [5, 5.41) is 0. The number of rotatable bonds is 2. The Hall–Kier alpha value is -1.99. The molecule has 142 valence electrons. The standard InChI is InChI=1S/C17H29N3O5/c1-5-24-15(22)19-11-9-18(10-12-19)14(21)13-7-6-8-20(13)16(23)25-17(2,3)4/h13H,5-12H2,1-4H3. The van der Waals surface area contributed by atoms with E-state index in [1.54, 1.807) is 16.7 Å². The number of amides is 3. The van der Waals surface area contributed by atoms with Crippen molar-refractivity contribution in [2.75, 3.05) is 39.3 Å². The van der Waals surface area contributed by atoms with Gasteiger partial charge in [-0.05, 0) is 40.5 Å². The Morgan fingerprint density at radius 2 is 1.56 bits per heavy atom. The molecule has 8 heteroatoms. The molecule has 0 radical (unpaired) electrons. The molecule has 0 N–H and O–H groups in total. The molecule has 2 heterocycles. The zero-order valence-electron chi connectivity index (χ0n) is 15.6. The number of nitrogens with zero attached hydrogens (tertiary/aromatic N) is 3. The predicted molar refractivity (Wildman–Crippen MR) is 91.1 cm³/mol. The lowest BCUT2D eigenvalue weighted by atomic mass is 10.1. The van der Waals surface area contributed by atoms with Crippen LogP contribution in [0.4, 0.5) is 9.59 Å². The van der Waals surface area contributed by atoms with E-state index in [1.807, 2.05) is 20.8 Å². The second-order valence-corrected chi connectivity index (χ2v) is 7.34. The van der Waals surface area contributed by atoms with Crippen molar-refractivity contribution in [2.24, 2.45) is 0 Å². The summed E-state index contributed by atoms with van der Waals surface area (Å²) in [5.74, 6) is -0.0631. The number of hydrogen-bond acceptors (Lipinski definition) is 5. The predicted octanol–water partition coefficient (Wildman–Crippen LogP) is 1.69. The third-order valence-corrected chi connectivity index (χ3v) is 4.28. The van der Waals surface area contributed by atoms with Crippen LogP contribution in [0.25, 0.3) is 0 Å². The van der Waals surface area contributed by atoms with Crippen LogP contribution in [0.2, 0.25) is 0 Å². The molecule has 2 aliphatic rings. The zero-order valence-corrected chi connectivity index (χ0v) is 15.6. The van der Waals surface area contributed by atoms with Gasteiger partial charge in [-0.3, -0.25) is 9.69 Å². The molecule has 0 spiro atoms. The van der Waals surface area contributed by atoms with E-state index in [4.69, 9.17) is 9.47 Å². The zero-order chi connectivity index (χ0) is 18.6. The van der Waals surface area contributed by atoms with E-state index < -0.39 is 17.7 Å². The van der Waals surface area contributed by atoms with Crippen LogP contribution in [-0.4, -0.2) is 83.8 Å². The van der Waals surface area contributed by atoms with Crippen LogP contribution in [0.5, 0.6) is 0 Å². The quantitative estimate of drug-likeness (QED) is 0.753. The van der Waals surface area contributed by atoms with Crippen LogP contribution in [0.15, 0.2) is 0 Å². The van der Waals surface area contributed by atoms with Gasteiger partial charge in [0.05, 0.1) is 6.61 Å². The van der Waals surface area contributed by atoms with Gasteiger partial charge >= 0.3 is 12.2 Å². The second kappa shape index (κ2) is 7.93. The van der Waals surface area contributed by atoms with E-state index >= 15 is 0 Å². The van der Waals surface area contributed by atoms with Crippen molar-refractivity contribution >= 4 is 18.1 Å². The Balaban J connectivity index is 1.92. The smallest absolute Gasteiger partial charge is 0.410 e. The summed E-state index contributed by atoms with van der Waals surface area (Å²) in [5.41, 5.74) is -0.585. The van der Waals surface area contributed by atoms with Gasteiger partial charge in [-0.1, -0.05) is 0 Å². The van der Waals surface area contributed by atoms with E-state index in [0.29, 0.717) is 45.8 Å². The Labute approximate surface area is 149 Å².